The first kappa shape index (κ1) is 17.3. The van der Waals surface area contributed by atoms with E-state index in [-0.39, 0.29) is 30.4 Å². The van der Waals surface area contributed by atoms with Crippen molar-refractivity contribution in [3.05, 3.63) is 11.9 Å². The lowest BCUT2D eigenvalue weighted by Crippen LogP contribution is -2.47. The first-order valence-corrected chi connectivity index (χ1v) is 8.44. The molecule has 0 aromatic carbocycles. The molecule has 1 aromatic rings. The molecular weight excluding hydrogens is 322 g/mol. The van der Waals surface area contributed by atoms with E-state index in [1.807, 2.05) is 32.4 Å². The highest BCUT2D eigenvalue weighted by molar-refractivity contribution is 5.96. The number of nitrogens with zero attached hydrogens (tertiary/aromatic N) is 5. The highest BCUT2D eigenvalue weighted by Crippen LogP contribution is 2.31. The second-order valence-electron chi connectivity index (χ2n) is 7.65. The number of anilines is 1. The first-order chi connectivity index (χ1) is 11.7. The lowest BCUT2D eigenvalue weighted by atomic mass is 10.1. The van der Waals surface area contributed by atoms with E-state index in [2.05, 4.69) is 11.2 Å². The number of hydrogen-bond donors (Lipinski definition) is 0. The Labute approximate surface area is 146 Å². The van der Waals surface area contributed by atoms with Crippen molar-refractivity contribution < 1.29 is 14.3 Å². The highest BCUT2D eigenvalue weighted by atomic mass is 16.6. The van der Waals surface area contributed by atoms with E-state index in [1.54, 1.807) is 16.0 Å². The maximum Gasteiger partial charge on any atom is 0.410 e. The molecule has 0 spiro atoms. The van der Waals surface area contributed by atoms with E-state index in [4.69, 9.17) is 10.00 Å². The van der Waals surface area contributed by atoms with E-state index < -0.39 is 5.60 Å². The molecule has 1 saturated heterocycles. The Balaban J connectivity index is 1.85. The van der Waals surface area contributed by atoms with Crippen LogP contribution in [0, 0.1) is 17.2 Å². The summed E-state index contributed by atoms with van der Waals surface area (Å²) in [7, 11) is 0. The molecule has 0 unspecified atom stereocenters. The van der Waals surface area contributed by atoms with Crippen molar-refractivity contribution in [1.82, 2.24) is 14.7 Å². The Morgan fingerprint density at radius 2 is 2.12 bits per heavy atom. The van der Waals surface area contributed by atoms with Gasteiger partial charge in [-0.25, -0.2) is 4.79 Å². The maximum absolute atomic E-state index is 12.5. The summed E-state index contributed by atoms with van der Waals surface area (Å²) in [5, 5.41) is 13.4. The van der Waals surface area contributed by atoms with Crippen LogP contribution in [0.1, 0.15) is 39.8 Å². The molecule has 0 radical (unpaired) electrons. The predicted molar refractivity (Wildman–Crippen MR) is 89.5 cm³/mol. The summed E-state index contributed by atoms with van der Waals surface area (Å²) < 4.78 is 7.32. The number of amides is 2. The third-order valence-electron chi connectivity index (χ3n) is 4.44. The third-order valence-corrected chi connectivity index (χ3v) is 4.44. The van der Waals surface area contributed by atoms with Crippen LogP contribution < -0.4 is 4.90 Å². The largest absolute Gasteiger partial charge is 0.444 e. The van der Waals surface area contributed by atoms with Gasteiger partial charge in [0.25, 0.3) is 0 Å². The minimum absolute atomic E-state index is 0.0590. The van der Waals surface area contributed by atoms with Crippen LogP contribution in [0.15, 0.2) is 6.20 Å². The Hall–Kier alpha value is -2.56. The number of nitriles is 1. The average Bonchev–Trinajstić information content (AvgIpc) is 3.07. The number of aromatic nitrogens is 2. The fourth-order valence-electron chi connectivity index (χ4n) is 3.20. The molecule has 0 aliphatic carbocycles. The smallest absolute Gasteiger partial charge is 0.410 e. The van der Waals surface area contributed by atoms with Crippen molar-refractivity contribution in [1.29, 1.82) is 5.26 Å². The molecule has 2 aliphatic rings. The van der Waals surface area contributed by atoms with Crippen LogP contribution in [0.3, 0.4) is 0 Å². The van der Waals surface area contributed by atoms with E-state index in [0.717, 1.165) is 5.69 Å². The fraction of sp³-hybridized carbons (Fsp3) is 0.647. The second kappa shape index (κ2) is 6.06. The van der Waals surface area contributed by atoms with Crippen molar-refractivity contribution >= 4 is 17.7 Å². The van der Waals surface area contributed by atoms with Crippen molar-refractivity contribution in [2.45, 2.75) is 58.8 Å². The maximum atomic E-state index is 12.5. The number of ether oxygens (including phenoxy) is 1. The van der Waals surface area contributed by atoms with Crippen LogP contribution in [0.2, 0.25) is 0 Å². The van der Waals surface area contributed by atoms with Gasteiger partial charge in [-0.05, 0) is 27.7 Å². The molecule has 1 fully saturated rings. The molecule has 0 saturated carbocycles. The Morgan fingerprint density at radius 1 is 1.40 bits per heavy atom. The van der Waals surface area contributed by atoms with Crippen molar-refractivity contribution in [3.8, 4) is 6.07 Å². The molecule has 134 valence electrons. The molecule has 25 heavy (non-hydrogen) atoms. The Bertz CT molecular complexity index is 742. The summed E-state index contributed by atoms with van der Waals surface area (Å²) in [6, 6.07) is 2.09. The van der Waals surface area contributed by atoms with Gasteiger partial charge < -0.3 is 9.64 Å². The molecule has 2 amide bonds. The topological polar surface area (TPSA) is 91.5 Å². The summed E-state index contributed by atoms with van der Waals surface area (Å²) in [5.74, 6) is -0.377. The quantitative estimate of drug-likeness (QED) is 0.775. The SMILES string of the molecule is C[C@H]1Cn2ncc(N3C[C@@H](C#N)CC3=O)c2CN1C(=O)OC(C)(C)C. The monoisotopic (exact) mass is 345 g/mol. The van der Waals surface area contributed by atoms with Gasteiger partial charge in [0.05, 0.1) is 48.7 Å². The summed E-state index contributed by atoms with van der Waals surface area (Å²) in [4.78, 5) is 28.0. The molecule has 8 nitrogen and oxygen atoms in total. The normalized spacial score (nSPS) is 23.4. The summed E-state index contributed by atoms with van der Waals surface area (Å²) in [6.45, 7) is 8.68. The first-order valence-electron chi connectivity index (χ1n) is 8.44. The van der Waals surface area contributed by atoms with Crippen LogP contribution in [0.5, 0.6) is 0 Å². The number of hydrogen-bond acceptors (Lipinski definition) is 5. The van der Waals surface area contributed by atoms with Gasteiger partial charge in [0, 0.05) is 13.0 Å². The van der Waals surface area contributed by atoms with Crippen LogP contribution >= 0.6 is 0 Å². The van der Waals surface area contributed by atoms with E-state index in [9.17, 15) is 9.59 Å². The molecule has 3 rings (SSSR count). The zero-order valence-corrected chi connectivity index (χ0v) is 15.0. The van der Waals surface area contributed by atoms with Gasteiger partial charge >= 0.3 is 6.09 Å². The Kier molecular flexibility index (Phi) is 4.19. The van der Waals surface area contributed by atoms with Gasteiger partial charge in [-0.2, -0.15) is 10.4 Å². The van der Waals surface area contributed by atoms with Crippen LogP contribution in [0.25, 0.3) is 0 Å². The molecule has 2 atom stereocenters. The van der Waals surface area contributed by atoms with Gasteiger partial charge in [0.1, 0.15) is 5.60 Å². The van der Waals surface area contributed by atoms with Gasteiger partial charge in [-0.1, -0.05) is 0 Å². The van der Waals surface area contributed by atoms with Gasteiger partial charge in [-0.15, -0.1) is 0 Å². The summed E-state index contributed by atoms with van der Waals surface area (Å²) in [6.07, 6.45) is 1.51. The standard InChI is InChI=1S/C17H23N5O3/c1-11-8-22-14(10-20(11)16(24)25-17(2,3)4)13(7-19-22)21-9-12(6-18)5-15(21)23/h7,11-12H,5,8-10H2,1-4H3/t11-,12+/m0/s1. The minimum Gasteiger partial charge on any atom is -0.444 e. The molecule has 8 heteroatoms. The molecular formula is C17H23N5O3. The van der Waals surface area contributed by atoms with Crippen molar-refractivity contribution in [2.24, 2.45) is 5.92 Å². The number of fused-ring (bicyclic) bond motifs is 1. The summed E-state index contributed by atoms with van der Waals surface area (Å²) >= 11 is 0. The van der Waals surface area contributed by atoms with E-state index in [1.165, 1.54) is 0 Å². The van der Waals surface area contributed by atoms with Gasteiger partial charge in [0.2, 0.25) is 5.91 Å². The van der Waals surface area contributed by atoms with E-state index >= 15 is 0 Å². The highest BCUT2D eigenvalue weighted by Gasteiger charge is 2.37. The molecule has 0 N–H and O–H groups in total. The zero-order valence-electron chi connectivity index (χ0n) is 15.0. The number of rotatable bonds is 1. The van der Waals surface area contributed by atoms with Crippen LogP contribution in [0.4, 0.5) is 10.5 Å². The molecule has 0 bridgehead atoms. The Morgan fingerprint density at radius 3 is 2.72 bits per heavy atom. The molecule has 3 heterocycles. The van der Waals surface area contributed by atoms with Crippen LogP contribution in [-0.4, -0.2) is 44.9 Å². The lowest BCUT2D eigenvalue weighted by molar-refractivity contribution is -0.117. The van der Waals surface area contributed by atoms with Crippen molar-refractivity contribution in [3.63, 3.8) is 0 Å². The third kappa shape index (κ3) is 3.31. The predicted octanol–water partition coefficient (Wildman–Crippen LogP) is 1.90. The second-order valence-corrected chi connectivity index (χ2v) is 7.65. The number of carbonyl (C=O) groups is 2. The van der Waals surface area contributed by atoms with Gasteiger partial charge in [-0.3, -0.25) is 14.4 Å². The summed E-state index contributed by atoms with van der Waals surface area (Å²) in [5.41, 5.74) is 0.918. The lowest BCUT2D eigenvalue weighted by Gasteiger charge is -2.36. The molecule has 2 aliphatic heterocycles. The minimum atomic E-state index is -0.567. The average molecular weight is 345 g/mol. The van der Waals surface area contributed by atoms with Gasteiger partial charge in [0.15, 0.2) is 0 Å². The fourth-order valence-corrected chi connectivity index (χ4v) is 3.20. The zero-order chi connectivity index (χ0) is 18.4. The van der Waals surface area contributed by atoms with Crippen molar-refractivity contribution in [2.75, 3.05) is 11.4 Å². The number of carbonyl (C=O) groups excluding carboxylic acids is 2. The molecule has 1 aromatic heterocycles. The van der Waals surface area contributed by atoms with Crippen LogP contribution in [-0.2, 0) is 22.6 Å². The van der Waals surface area contributed by atoms with E-state index in [0.29, 0.717) is 25.3 Å².